The standard InChI is InChI=1S/C15H12N2O3.C9H10F2/c18-10-7-6-9-11-12(13(10)16-9)15(20)17(14(11)19)8-4-2-1-3-5-8;1-3-7-8(10)5-4-6(2)9(7)11/h1-7,9,11-13,16H;4-5H,3H2,1-2H3/t9-,11?,12?,13+;/m0./s1. The van der Waals surface area contributed by atoms with E-state index in [-0.39, 0.29) is 29.2 Å². The Bertz CT molecular complexity index is 1080. The van der Waals surface area contributed by atoms with E-state index in [2.05, 4.69) is 5.32 Å². The van der Waals surface area contributed by atoms with Crippen LogP contribution in [0.5, 0.6) is 0 Å². The number of rotatable bonds is 2. The average Bonchev–Trinajstić information content (AvgIpc) is 3.23. The van der Waals surface area contributed by atoms with Gasteiger partial charge >= 0.3 is 0 Å². The molecule has 0 radical (unpaired) electrons. The molecule has 2 bridgehead atoms. The van der Waals surface area contributed by atoms with Gasteiger partial charge in [-0.25, -0.2) is 13.7 Å². The lowest BCUT2D eigenvalue weighted by atomic mass is 9.90. The summed E-state index contributed by atoms with van der Waals surface area (Å²) in [6, 6.07) is 10.9. The van der Waals surface area contributed by atoms with Crippen molar-refractivity contribution in [3.63, 3.8) is 0 Å². The van der Waals surface area contributed by atoms with E-state index in [1.54, 1.807) is 44.2 Å². The van der Waals surface area contributed by atoms with Gasteiger partial charge in [0.2, 0.25) is 11.8 Å². The molecular weight excluding hydrogens is 402 g/mol. The molecule has 31 heavy (non-hydrogen) atoms. The van der Waals surface area contributed by atoms with Crippen LogP contribution in [0.15, 0.2) is 54.6 Å². The van der Waals surface area contributed by atoms with E-state index >= 15 is 0 Å². The Morgan fingerprint density at radius 3 is 2.29 bits per heavy atom. The lowest BCUT2D eigenvalue weighted by Crippen LogP contribution is -2.46. The van der Waals surface area contributed by atoms with Crippen LogP contribution in [0.25, 0.3) is 0 Å². The molecule has 0 aromatic heterocycles. The second kappa shape index (κ2) is 8.15. The molecule has 2 saturated heterocycles. The normalized spacial score (nSPS) is 26.1. The van der Waals surface area contributed by atoms with E-state index in [0.717, 1.165) is 0 Å². The first-order chi connectivity index (χ1) is 14.8. The number of anilines is 1. The summed E-state index contributed by atoms with van der Waals surface area (Å²) < 4.78 is 25.8. The van der Waals surface area contributed by atoms with Gasteiger partial charge in [-0.15, -0.1) is 0 Å². The minimum atomic E-state index is -0.574. The summed E-state index contributed by atoms with van der Waals surface area (Å²) in [6.45, 7) is 3.37. The molecule has 3 aliphatic rings. The lowest BCUT2D eigenvalue weighted by molar-refractivity contribution is -0.126. The zero-order chi connectivity index (χ0) is 22.3. The average molecular weight is 424 g/mol. The number of nitrogens with one attached hydrogen (secondary N) is 1. The maximum absolute atomic E-state index is 13.0. The largest absolute Gasteiger partial charge is 0.299 e. The Labute approximate surface area is 178 Å². The molecule has 5 nitrogen and oxygen atoms in total. The van der Waals surface area contributed by atoms with Gasteiger partial charge in [0, 0.05) is 11.6 Å². The van der Waals surface area contributed by atoms with Gasteiger partial charge in [0.1, 0.15) is 11.6 Å². The van der Waals surface area contributed by atoms with Crippen LogP contribution in [0, 0.1) is 30.4 Å². The van der Waals surface area contributed by atoms with Crippen molar-refractivity contribution >= 4 is 23.3 Å². The predicted molar refractivity (Wildman–Crippen MR) is 111 cm³/mol. The summed E-state index contributed by atoms with van der Waals surface area (Å²) in [6.07, 6.45) is 3.58. The summed E-state index contributed by atoms with van der Waals surface area (Å²) in [5.74, 6) is -2.51. The number of halogens is 2. The molecule has 2 fully saturated rings. The van der Waals surface area contributed by atoms with Gasteiger partial charge in [0.25, 0.3) is 0 Å². The molecule has 7 heteroatoms. The maximum atomic E-state index is 13.0. The van der Waals surface area contributed by atoms with Gasteiger partial charge in [-0.05, 0) is 43.2 Å². The molecule has 2 aromatic carbocycles. The molecule has 2 unspecified atom stereocenters. The van der Waals surface area contributed by atoms with Crippen LogP contribution in [0.4, 0.5) is 14.5 Å². The number of nitrogens with zero attached hydrogens (tertiary/aromatic N) is 1. The number of amides is 2. The van der Waals surface area contributed by atoms with E-state index in [1.807, 2.05) is 6.07 Å². The molecule has 3 aliphatic heterocycles. The van der Waals surface area contributed by atoms with Crippen LogP contribution in [0.3, 0.4) is 0 Å². The number of aryl methyl sites for hydroxylation is 1. The highest BCUT2D eigenvalue weighted by molar-refractivity contribution is 6.24. The first-order valence-electron chi connectivity index (χ1n) is 10.2. The van der Waals surface area contributed by atoms with Crippen molar-refractivity contribution < 1.29 is 23.2 Å². The van der Waals surface area contributed by atoms with Crippen molar-refractivity contribution in [1.82, 2.24) is 5.32 Å². The minimum Gasteiger partial charge on any atom is -0.299 e. The zero-order valence-corrected chi connectivity index (χ0v) is 17.1. The van der Waals surface area contributed by atoms with E-state index in [9.17, 15) is 23.2 Å². The number of hydrogen-bond donors (Lipinski definition) is 1. The molecule has 0 aliphatic carbocycles. The van der Waals surface area contributed by atoms with Crippen LogP contribution in [0.1, 0.15) is 18.1 Å². The number of para-hydroxylation sites is 1. The van der Waals surface area contributed by atoms with Crippen LogP contribution >= 0.6 is 0 Å². The lowest BCUT2D eigenvalue weighted by Gasteiger charge is -2.22. The van der Waals surface area contributed by atoms with Crippen LogP contribution in [-0.4, -0.2) is 29.7 Å². The molecule has 3 heterocycles. The number of benzene rings is 2. The highest BCUT2D eigenvalue weighted by atomic mass is 19.1. The minimum absolute atomic E-state index is 0.121. The van der Waals surface area contributed by atoms with Crippen molar-refractivity contribution in [1.29, 1.82) is 0 Å². The Balaban J connectivity index is 0.000000180. The number of fused-ring (bicyclic) bond motifs is 5. The SMILES string of the molecule is CCc1c(F)ccc(C)c1F.O=C1C=C[C@@H]2N[C@H]1C1C(=O)N(c3ccccc3)C(=O)C12. The van der Waals surface area contributed by atoms with Crippen LogP contribution in [0.2, 0.25) is 0 Å². The number of hydrogen-bond acceptors (Lipinski definition) is 4. The second-order valence-corrected chi connectivity index (χ2v) is 7.84. The van der Waals surface area contributed by atoms with Crippen molar-refractivity contribution in [3.05, 3.63) is 77.4 Å². The highest BCUT2D eigenvalue weighted by Crippen LogP contribution is 2.41. The quantitative estimate of drug-likeness (QED) is 0.753. The molecule has 0 saturated carbocycles. The fourth-order valence-corrected chi connectivity index (χ4v) is 4.46. The van der Waals surface area contributed by atoms with E-state index < -0.39 is 29.5 Å². The van der Waals surface area contributed by atoms with Crippen LogP contribution in [-0.2, 0) is 20.8 Å². The molecule has 5 rings (SSSR count). The third-order valence-corrected chi connectivity index (χ3v) is 6.04. The Morgan fingerprint density at radius 1 is 0.968 bits per heavy atom. The predicted octanol–water partition coefficient (Wildman–Crippen LogP) is 3.11. The van der Waals surface area contributed by atoms with Crippen molar-refractivity contribution in [2.24, 2.45) is 11.8 Å². The van der Waals surface area contributed by atoms with Gasteiger partial charge in [-0.3, -0.25) is 19.7 Å². The van der Waals surface area contributed by atoms with Gasteiger partial charge in [-0.2, -0.15) is 0 Å². The van der Waals surface area contributed by atoms with E-state index in [0.29, 0.717) is 17.7 Å². The first kappa shape index (κ1) is 21.1. The fourth-order valence-electron chi connectivity index (χ4n) is 4.46. The Morgan fingerprint density at radius 2 is 1.65 bits per heavy atom. The highest BCUT2D eigenvalue weighted by Gasteiger charge is 2.60. The van der Waals surface area contributed by atoms with Gasteiger partial charge in [-0.1, -0.05) is 37.3 Å². The molecule has 2 amide bonds. The smallest absolute Gasteiger partial charge is 0.239 e. The first-order valence-corrected chi connectivity index (χ1v) is 10.2. The third-order valence-electron chi connectivity index (χ3n) is 6.04. The fraction of sp³-hybridized carbons (Fsp3) is 0.292. The maximum Gasteiger partial charge on any atom is 0.239 e. The van der Waals surface area contributed by atoms with Gasteiger partial charge < -0.3 is 0 Å². The van der Waals surface area contributed by atoms with Crippen molar-refractivity contribution in [2.45, 2.75) is 32.4 Å². The molecule has 2 aromatic rings. The summed E-state index contributed by atoms with van der Waals surface area (Å²) >= 11 is 0. The number of ketones is 1. The van der Waals surface area contributed by atoms with E-state index in [4.69, 9.17) is 0 Å². The topological polar surface area (TPSA) is 66.5 Å². The Hall–Kier alpha value is -3.19. The second-order valence-electron chi connectivity index (χ2n) is 7.84. The third kappa shape index (κ3) is 3.49. The van der Waals surface area contributed by atoms with Gasteiger partial charge in [0.05, 0.1) is 23.6 Å². The summed E-state index contributed by atoms with van der Waals surface area (Å²) in [7, 11) is 0. The van der Waals surface area contributed by atoms with Gasteiger partial charge in [0.15, 0.2) is 5.78 Å². The summed E-state index contributed by atoms with van der Waals surface area (Å²) in [5.41, 5.74) is 1.26. The monoisotopic (exact) mass is 424 g/mol. The summed E-state index contributed by atoms with van der Waals surface area (Å²) in [5, 5.41) is 3.07. The molecular formula is C24H22F2N2O3. The zero-order valence-electron chi connectivity index (χ0n) is 17.1. The van der Waals surface area contributed by atoms with Crippen molar-refractivity contribution in [3.8, 4) is 0 Å². The molecule has 0 spiro atoms. The van der Waals surface area contributed by atoms with Crippen LogP contribution < -0.4 is 10.2 Å². The molecule has 1 N–H and O–H groups in total. The number of carbonyl (C=O) groups excluding carboxylic acids is 3. The summed E-state index contributed by atoms with van der Waals surface area (Å²) in [4.78, 5) is 38.2. The number of carbonyl (C=O) groups is 3. The van der Waals surface area contributed by atoms with Crippen molar-refractivity contribution in [2.75, 3.05) is 4.90 Å². The Kier molecular flexibility index (Phi) is 5.54. The molecule has 4 atom stereocenters. The molecule has 160 valence electrons. The number of imide groups is 1. The van der Waals surface area contributed by atoms with E-state index in [1.165, 1.54) is 23.1 Å².